The topological polar surface area (TPSA) is 68.1 Å². The van der Waals surface area contributed by atoms with E-state index < -0.39 is 0 Å². The zero-order chi connectivity index (χ0) is 20.5. The summed E-state index contributed by atoms with van der Waals surface area (Å²) in [6.07, 6.45) is 3.75. The van der Waals surface area contributed by atoms with Crippen LogP contribution >= 0.6 is 11.3 Å². The van der Waals surface area contributed by atoms with Gasteiger partial charge in [-0.25, -0.2) is 4.98 Å². The molecule has 1 aliphatic rings. The average molecular weight is 419 g/mol. The molecule has 0 radical (unpaired) electrons. The molecule has 1 unspecified atom stereocenters. The van der Waals surface area contributed by atoms with Crippen LogP contribution in [0.4, 0.5) is 0 Å². The fourth-order valence-corrected chi connectivity index (χ4v) is 5.26. The van der Waals surface area contributed by atoms with Crippen LogP contribution in [0.25, 0.3) is 21.1 Å². The van der Waals surface area contributed by atoms with Gasteiger partial charge in [-0.1, -0.05) is 24.3 Å². The number of fused-ring (bicyclic) bond motifs is 2. The second-order valence-electron chi connectivity index (χ2n) is 7.70. The maximum atomic E-state index is 12.9. The first-order valence-electron chi connectivity index (χ1n) is 10.3. The van der Waals surface area contributed by atoms with Gasteiger partial charge in [0.05, 0.1) is 33.5 Å². The Hall–Kier alpha value is -3.06. The number of hydrogen-bond donors (Lipinski definition) is 0. The Morgan fingerprint density at radius 2 is 1.97 bits per heavy atom. The molecule has 1 saturated heterocycles. The van der Waals surface area contributed by atoms with Gasteiger partial charge in [0.2, 0.25) is 11.3 Å². The van der Waals surface area contributed by atoms with E-state index in [4.69, 9.17) is 4.98 Å². The number of nitrogens with zero attached hydrogens (tertiary/aromatic N) is 4. The highest BCUT2D eigenvalue weighted by Gasteiger charge is 2.26. The maximum absolute atomic E-state index is 12.9. The molecule has 4 aromatic rings. The summed E-state index contributed by atoms with van der Waals surface area (Å²) in [4.78, 5) is 31.7. The Bertz CT molecular complexity index is 1250. The molecule has 6 nitrogen and oxygen atoms in total. The summed E-state index contributed by atoms with van der Waals surface area (Å²) >= 11 is 1.74. The number of para-hydroxylation sites is 2. The van der Waals surface area contributed by atoms with Gasteiger partial charge in [-0.3, -0.25) is 14.3 Å². The van der Waals surface area contributed by atoms with Crippen molar-refractivity contribution in [3.63, 3.8) is 0 Å². The molecule has 3 heterocycles. The molecule has 2 aromatic heterocycles. The van der Waals surface area contributed by atoms with Gasteiger partial charge >= 0.3 is 0 Å². The monoisotopic (exact) mass is 418 g/mol. The Labute approximate surface area is 177 Å². The van der Waals surface area contributed by atoms with Gasteiger partial charge in [-0.05, 0) is 37.1 Å². The molecule has 1 amide bonds. The van der Waals surface area contributed by atoms with Gasteiger partial charge in [0.15, 0.2) is 0 Å². The minimum atomic E-state index is -0.0946. The molecule has 152 valence electrons. The predicted molar refractivity (Wildman–Crippen MR) is 119 cm³/mol. The lowest BCUT2D eigenvalue weighted by atomic mass is 9.98. The minimum absolute atomic E-state index is 0.0946. The van der Waals surface area contributed by atoms with Crippen LogP contribution < -0.4 is 5.43 Å². The van der Waals surface area contributed by atoms with Gasteiger partial charge in [0, 0.05) is 30.8 Å². The number of amides is 1. The van der Waals surface area contributed by atoms with Crippen molar-refractivity contribution in [3.05, 3.63) is 70.0 Å². The Kier molecular flexibility index (Phi) is 5.04. The molecular weight excluding hydrogens is 396 g/mol. The van der Waals surface area contributed by atoms with Crippen LogP contribution in [0.5, 0.6) is 0 Å². The van der Waals surface area contributed by atoms with E-state index in [1.807, 2.05) is 41.3 Å². The van der Waals surface area contributed by atoms with Crippen LogP contribution in [0.1, 0.15) is 30.2 Å². The number of benzene rings is 2. The quantitative estimate of drug-likeness (QED) is 0.506. The van der Waals surface area contributed by atoms with Crippen molar-refractivity contribution in [2.45, 2.75) is 31.7 Å². The van der Waals surface area contributed by atoms with E-state index in [-0.39, 0.29) is 11.3 Å². The van der Waals surface area contributed by atoms with Crippen molar-refractivity contribution in [3.8, 4) is 0 Å². The van der Waals surface area contributed by atoms with Crippen molar-refractivity contribution in [1.29, 1.82) is 0 Å². The van der Waals surface area contributed by atoms with E-state index in [1.54, 1.807) is 22.1 Å². The summed E-state index contributed by atoms with van der Waals surface area (Å²) < 4.78 is 2.95. The lowest BCUT2D eigenvalue weighted by Crippen LogP contribution is -2.39. The highest BCUT2D eigenvalue weighted by atomic mass is 32.1. The first-order valence-corrected chi connectivity index (χ1v) is 11.1. The van der Waals surface area contributed by atoms with Gasteiger partial charge in [-0.2, -0.15) is 5.10 Å². The third-order valence-electron chi connectivity index (χ3n) is 5.73. The number of rotatable bonds is 4. The van der Waals surface area contributed by atoms with Crippen LogP contribution in [0.3, 0.4) is 0 Å². The molecule has 0 spiro atoms. The summed E-state index contributed by atoms with van der Waals surface area (Å²) in [6.45, 7) is 1.97. The minimum Gasteiger partial charge on any atom is -0.342 e. The predicted octanol–water partition coefficient (Wildman–Crippen LogP) is 3.80. The van der Waals surface area contributed by atoms with E-state index in [2.05, 4.69) is 11.2 Å². The number of likely N-dealkylation sites (tertiary alicyclic amines) is 1. The number of carbonyl (C=O) groups is 1. The van der Waals surface area contributed by atoms with Gasteiger partial charge in [0.1, 0.15) is 0 Å². The van der Waals surface area contributed by atoms with Crippen molar-refractivity contribution in [2.24, 2.45) is 0 Å². The Morgan fingerprint density at radius 1 is 1.13 bits per heavy atom. The standard InChI is InChI=1S/C23H22N4O2S/c28-20-14-24-27(19-9-3-1-7-17(19)20)13-11-22(29)26-12-5-6-16(15-26)23-25-18-8-2-4-10-21(18)30-23/h1-4,7-10,14,16H,5-6,11-13,15H2. The van der Waals surface area contributed by atoms with Crippen LogP contribution in [0, 0.1) is 0 Å². The lowest BCUT2D eigenvalue weighted by molar-refractivity contribution is -0.132. The SMILES string of the molecule is O=C(CCn1ncc(=O)c2ccccc21)N1CCCC(c2nc3ccccc3s2)C1. The van der Waals surface area contributed by atoms with Gasteiger partial charge in [-0.15, -0.1) is 11.3 Å². The highest BCUT2D eigenvalue weighted by Crippen LogP contribution is 2.33. The third-order valence-corrected chi connectivity index (χ3v) is 6.93. The second kappa shape index (κ2) is 7.99. The maximum Gasteiger partial charge on any atom is 0.224 e. The lowest BCUT2D eigenvalue weighted by Gasteiger charge is -2.32. The summed E-state index contributed by atoms with van der Waals surface area (Å²) in [5, 5.41) is 6.00. The van der Waals surface area contributed by atoms with Crippen molar-refractivity contribution < 1.29 is 4.79 Å². The first kappa shape index (κ1) is 18.9. The van der Waals surface area contributed by atoms with Crippen LogP contribution in [-0.2, 0) is 11.3 Å². The van der Waals surface area contributed by atoms with Crippen molar-refractivity contribution in [1.82, 2.24) is 19.7 Å². The van der Waals surface area contributed by atoms with Crippen LogP contribution in [-0.4, -0.2) is 38.7 Å². The molecular formula is C23H22N4O2S. The molecule has 5 rings (SSSR count). The molecule has 1 fully saturated rings. The van der Waals surface area contributed by atoms with E-state index in [0.29, 0.717) is 24.3 Å². The fourth-order valence-electron chi connectivity index (χ4n) is 4.17. The Morgan fingerprint density at radius 3 is 2.87 bits per heavy atom. The number of aryl methyl sites for hydroxylation is 1. The number of thiazole rings is 1. The summed E-state index contributed by atoms with van der Waals surface area (Å²) in [5.41, 5.74) is 1.71. The van der Waals surface area contributed by atoms with Crippen molar-refractivity contribution in [2.75, 3.05) is 13.1 Å². The molecule has 0 aliphatic carbocycles. The molecule has 1 aliphatic heterocycles. The zero-order valence-electron chi connectivity index (χ0n) is 16.5. The van der Waals surface area contributed by atoms with Crippen LogP contribution in [0.15, 0.2) is 59.5 Å². The van der Waals surface area contributed by atoms with E-state index in [9.17, 15) is 9.59 Å². The number of piperidine rings is 1. The van der Waals surface area contributed by atoms with Crippen LogP contribution in [0.2, 0.25) is 0 Å². The van der Waals surface area contributed by atoms with E-state index in [0.717, 1.165) is 42.0 Å². The molecule has 1 atom stereocenters. The van der Waals surface area contributed by atoms with E-state index in [1.165, 1.54) is 10.9 Å². The molecule has 0 saturated carbocycles. The summed E-state index contributed by atoms with van der Waals surface area (Å²) in [6, 6.07) is 15.6. The molecule has 0 N–H and O–H groups in total. The summed E-state index contributed by atoms with van der Waals surface area (Å²) in [5.74, 6) is 0.428. The Balaban J connectivity index is 1.28. The third kappa shape index (κ3) is 3.61. The largest absolute Gasteiger partial charge is 0.342 e. The van der Waals surface area contributed by atoms with E-state index >= 15 is 0 Å². The second-order valence-corrected chi connectivity index (χ2v) is 8.76. The fraction of sp³-hybridized carbons (Fsp3) is 0.304. The smallest absolute Gasteiger partial charge is 0.224 e. The molecule has 2 aromatic carbocycles. The van der Waals surface area contributed by atoms with Gasteiger partial charge in [0.25, 0.3) is 0 Å². The molecule has 0 bridgehead atoms. The zero-order valence-corrected chi connectivity index (χ0v) is 17.3. The van der Waals surface area contributed by atoms with Crippen molar-refractivity contribution >= 4 is 38.4 Å². The number of carbonyl (C=O) groups excluding carboxylic acids is 1. The normalized spacial score (nSPS) is 16.9. The summed E-state index contributed by atoms with van der Waals surface area (Å²) in [7, 11) is 0. The highest BCUT2D eigenvalue weighted by molar-refractivity contribution is 7.18. The number of hydrogen-bond acceptors (Lipinski definition) is 5. The number of aromatic nitrogens is 3. The average Bonchev–Trinajstić information content (AvgIpc) is 3.23. The molecule has 30 heavy (non-hydrogen) atoms. The van der Waals surface area contributed by atoms with Gasteiger partial charge < -0.3 is 4.90 Å². The first-order chi connectivity index (χ1) is 14.7. The molecule has 7 heteroatoms.